The number of hydrogen-bond acceptors (Lipinski definition) is 4. The van der Waals surface area contributed by atoms with Crippen molar-refractivity contribution in [2.75, 3.05) is 39.4 Å². The fourth-order valence-corrected chi connectivity index (χ4v) is 1.38. The quantitative estimate of drug-likeness (QED) is 0.571. The van der Waals surface area contributed by atoms with Crippen LogP contribution in [0.3, 0.4) is 0 Å². The van der Waals surface area contributed by atoms with Crippen LogP contribution in [0.1, 0.15) is 6.42 Å². The minimum absolute atomic E-state index is 0.434. The molecule has 1 fully saturated rings. The van der Waals surface area contributed by atoms with Crippen LogP contribution in [0.4, 0.5) is 0 Å². The number of aliphatic carboxylic acids is 1. The van der Waals surface area contributed by atoms with Crippen LogP contribution in [0.15, 0.2) is 0 Å². The van der Waals surface area contributed by atoms with E-state index in [1.807, 2.05) is 0 Å². The zero-order valence-corrected chi connectivity index (χ0v) is 8.57. The summed E-state index contributed by atoms with van der Waals surface area (Å²) in [6.07, 6.45) is -0.455. The smallest absolute Gasteiger partial charge is 0.312 e. The van der Waals surface area contributed by atoms with Crippen LogP contribution < -0.4 is 5.32 Å². The van der Waals surface area contributed by atoms with Crippen molar-refractivity contribution in [3.8, 4) is 0 Å². The van der Waals surface area contributed by atoms with Gasteiger partial charge in [-0.1, -0.05) is 0 Å². The average molecular weight is 216 g/mol. The number of carboxylic acids is 1. The molecule has 1 aliphatic rings. The fourth-order valence-electron chi connectivity index (χ4n) is 1.38. The summed E-state index contributed by atoms with van der Waals surface area (Å²) < 4.78 is 5.17. The van der Waals surface area contributed by atoms with Crippen LogP contribution in [0, 0.1) is 0 Å². The second-order valence-electron chi connectivity index (χ2n) is 3.37. The van der Waals surface area contributed by atoms with E-state index in [9.17, 15) is 9.59 Å². The molecule has 0 aromatic carbocycles. The molecule has 0 spiro atoms. The van der Waals surface area contributed by atoms with Gasteiger partial charge in [-0.2, -0.15) is 0 Å². The van der Waals surface area contributed by atoms with E-state index in [-0.39, 0.29) is 0 Å². The zero-order chi connectivity index (χ0) is 11.1. The van der Waals surface area contributed by atoms with Gasteiger partial charge in [-0.05, 0) is 0 Å². The number of hydrogen-bond donors (Lipinski definition) is 2. The summed E-state index contributed by atoms with van der Waals surface area (Å²) in [6, 6.07) is 0. The van der Waals surface area contributed by atoms with Crippen molar-refractivity contribution in [2.24, 2.45) is 0 Å². The molecule has 2 N–H and O–H groups in total. The van der Waals surface area contributed by atoms with Crippen LogP contribution >= 0.6 is 0 Å². The number of nitrogens with one attached hydrogen (secondary N) is 1. The summed E-state index contributed by atoms with van der Waals surface area (Å²) in [5.74, 6) is -1.53. The maximum Gasteiger partial charge on any atom is 0.312 e. The van der Waals surface area contributed by atoms with Crippen molar-refractivity contribution >= 4 is 11.9 Å². The van der Waals surface area contributed by atoms with Gasteiger partial charge in [0.15, 0.2) is 0 Å². The van der Waals surface area contributed by atoms with E-state index in [4.69, 9.17) is 9.84 Å². The third-order valence-electron chi connectivity index (χ3n) is 2.17. The van der Waals surface area contributed by atoms with E-state index >= 15 is 0 Å². The van der Waals surface area contributed by atoms with Crippen molar-refractivity contribution < 1.29 is 19.4 Å². The molecule has 0 aromatic heterocycles. The van der Waals surface area contributed by atoms with Crippen molar-refractivity contribution in [1.82, 2.24) is 10.2 Å². The van der Waals surface area contributed by atoms with E-state index in [1.54, 1.807) is 0 Å². The van der Waals surface area contributed by atoms with Gasteiger partial charge >= 0.3 is 5.97 Å². The molecular weight excluding hydrogens is 200 g/mol. The van der Waals surface area contributed by atoms with Crippen LogP contribution in [-0.2, 0) is 14.3 Å². The van der Waals surface area contributed by atoms with Crippen LogP contribution in [0.25, 0.3) is 0 Å². The molecule has 0 aliphatic carbocycles. The molecule has 1 aliphatic heterocycles. The van der Waals surface area contributed by atoms with Crippen molar-refractivity contribution in [1.29, 1.82) is 0 Å². The Morgan fingerprint density at radius 3 is 2.60 bits per heavy atom. The van der Waals surface area contributed by atoms with Gasteiger partial charge in [-0.3, -0.25) is 14.5 Å². The van der Waals surface area contributed by atoms with Gasteiger partial charge in [-0.25, -0.2) is 0 Å². The molecule has 1 amide bonds. The first-order valence-electron chi connectivity index (χ1n) is 4.97. The molecular formula is C9H16N2O4. The molecule has 0 saturated carbocycles. The van der Waals surface area contributed by atoms with Gasteiger partial charge in [-0.15, -0.1) is 0 Å². The number of nitrogens with zero attached hydrogens (tertiary/aromatic N) is 1. The van der Waals surface area contributed by atoms with E-state index in [2.05, 4.69) is 10.2 Å². The number of rotatable bonds is 5. The van der Waals surface area contributed by atoms with Gasteiger partial charge in [0.1, 0.15) is 6.42 Å². The highest BCUT2D eigenvalue weighted by atomic mass is 16.5. The highest BCUT2D eigenvalue weighted by Crippen LogP contribution is 1.94. The molecule has 0 atom stereocenters. The number of carbonyl (C=O) groups excluding carboxylic acids is 1. The lowest BCUT2D eigenvalue weighted by molar-refractivity contribution is -0.140. The molecule has 15 heavy (non-hydrogen) atoms. The second-order valence-corrected chi connectivity index (χ2v) is 3.37. The first-order chi connectivity index (χ1) is 7.18. The Morgan fingerprint density at radius 2 is 2.00 bits per heavy atom. The third-order valence-corrected chi connectivity index (χ3v) is 2.17. The largest absolute Gasteiger partial charge is 0.481 e. The summed E-state index contributed by atoms with van der Waals surface area (Å²) in [5, 5.41) is 10.9. The molecule has 1 rings (SSSR count). The van der Waals surface area contributed by atoms with Gasteiger partial charge in [0.05, 0.1) is 13.2 Å². The monoisotopic (exact) mass is 216 g/mol. The molecule has 0 radical (unpaired) electrons. The zero-order valence-electron chi connectivity index (χ0n) is 8.57. The Hall–Kier alpha value is -1.14. The highest BCUT2D eigenvalue weighted by Gasteiger charge is 2.11. The highest BCUT2D eigenvalue weighted by molar-refractivity contribution is 5.93. The number of ether oxygens (including phenoxy) is 1. The van der Waals surface area contributed by atoms with Gasteiger partial charge < -0.3 is 15.2 Å². The number of carbonyl (C=O) groups is 2. The maximum absolute atomic E-state index is 11.0. The van der Waals surface area contributed by atoms with E-state index < -0.39 is 18.3 Å². The van der Waals surface area contributed by atoms with Crippen LogP contribution in [0.5, 0.6) is 0 Å². The van der Waals surface area contributed by atoms with Gasteiger partial charge in [0, 0.05) is 26.2 Å². The minimum Gasteiger partial charge on any atom is -0.481 e. The van der Waals surface area contributed by atoms with Crippen molar-refractivity contribution in [3.05, 3.63) is 0 Å². The fraction of sp³-hybridized carbons (Fsp3) is 0.778. The van der Waals surface area contributed by atoms with Crippen LogP contribution in [0.2, 0.25) is 0 Å². The SMILES string of the molecule is O=C(O)CC(=O)NCCN1CCOCC1. The molecule has 6 heteroatoms. The standard InChI is InChI=1S/C9H16N2O4/c12-8(7-9(13)14)10-1-2-11-3-5-15-6-4-11/h1-7H2,(H,10,12)(H,13,14). The molecule has 1 saturated heterocycles. The van der Waals surface area contributed by atoms with E-state index in [0.717, 1.165) is 32.8 Å². The summed E-state index contributed by atoms with van der Waals surface area (Å²) in [5.41, 5.74) is 0. The normalized spacial score (nSPS) is 17.3. The predicted molar refractivity (Wildman–Crippen MR) is 52.5 cm³/mol. The summed E-state index contributed by atoms with van der Waals surface area (Å²) in [6.45, 7) is 4.43. The molecule has 6 nitrogen and oxygen atoms in total. The van der Waals surface area contributed by atoms with E-state index in [0.29, 0.717) is 6.54 Å². The lowest BCUT2D eigenvalue weighted by Gasteiger charge is -2.26. The third kappa shape index (κ3) is 5.34. The summed E-state index contributed by atoms with van der Waals surface area (Å²) in [7, 11) is 0. The molecule has 0 bridgehead atoms. The average Bonchev–Trinajstić information content (AvgIpc) is 2.18. The van der Waals surface area contributed by atoms with Crippen molar-refractivity contribution in [3.63, 3.8) is 0 Å². The Balaban J connectivity index is 2.04. The first-order valence-corrected chi connectivity index (χ1v) is 4.97. The number of morpholine rings is 1. The Morgan fingerprint density at radius 1 is 1.33 bits per heavy atom. The van der Waals surface area contributed by atoms with E-state index in [1.165, 1.54) is 0 Å². The molecule has 0 unspecified atom stereocenters. The topological polar surface area (TPSA) is 78.9 Å². The Kier molecular flexibility index (Phi) is 5.06. The maximum atomic E-state index is 11.0. The van der Waals surface area contributed by atoms with Crippen molar-refractivity contribution in [2.45, 2.75) is 6.42 Å². The lowest BCUT2D eigenvalue weighted by atomic mass is 10.4. The molecule has 0 aromatic rings. The van der Waals surface area contributed by atoms with Gasteiger partial charge in [0.25, 0.3) is 0 Å². The Bertz CT molecular complexity index is 226. The lowest BCUT2D eigenvalue weighted by Crippen LogP contribution is -2.41. The number of carboxylic acid groups (broad SMARTS) is 1. The Labute approximate surface area is 88.2 Å². The first kappa shape index (κ1) is 11.9. The minimum atomic E-state index is -1.10. The summed E-state index contributed by atoms with van der Waals surface area (Å²) >= 11 is 0. The molecule has 1 heterocycles. The summed E-state index contributed by atoms with van der Waals surface area (Å²) in [4.78, 5) is 23.3. The molecule has 86 valence electrons. The number of amides is 1. The van der Waals surface area contributed by atoms with Crippen LogP contribution in [-0.4, -0.2) is 61.3 Å². The predicted octanol–water partition coefficient (Wildman–Crippen LogP) is -1.09. The van der Waals surface area contributed by atoms with Gasteiger partial charge in [0.2, 0.25) is 5.91 Å². The second kappa shape index (κ2) is 6.36.